The summed E-state index contributed by atoms with van der Waals surface area (Å²) in [5, 5.41) is 1.50. The SMILES string of the molecule is O=S(=O)(Nc1cccc2c(Cl)c[nH]c12)c1ccc(Cl)nc1. The number of nitrogens with zero attached hydrogens (tertiary/aromatic N) is 1. The molecule has 0 saturated heterocycles. The van der Waals surface area contributed by atoms with Gasteiger partial charge in [0.25, 0.3) is 10.0 Å². The van der Waals surface area contributed by atoms with Crippen molar-refractivity contribution < 1.29 is 8.42 Å². The first-order valence-electron chi connectivity index (χ1n) is 5.87. The van der Waals surface area contributed by atoms with Crippen LogP contribution < -0.4 is 4.72 Å². The number of aromatic amines is 1. The van der Waals surface area contributed by atoms with Gasteiger partial charge in [0.15, 0.2) is 0 Å². The number of nitrogens with one attached hydrogen (secondary N) is 2. The molecule has 2 heterocycles. The zero-order valence-corrected chi connectivity index (χ0v) is 12.8. The molecule has 21 heavy (non-hydrogen) atoms. The van der Waals surface area contributed by atoms with Crippen LogP contribution in [0.1, 0.15) is 0 Å². The first kappa shape index (κ1) is 14.2. The molecule has 2 N–H and O–H groups in total. The van der Waals surface area contributed by atoms with Crippen molar-refractivity contribution in [2.75, 3.05) is 4.72 Å². The van der Waals surface area contributed by atoms with Crippen LogP contribution in [0.4, 0.5) is 5.69 Å². The van der Waals surface area contributed by atoms with Gasteiger partial charge in [0.05, 0.1) is 16.2 Å². The van der Waals surface area contributed by atoms with Crippen molar-refractivity contribution in [3.8, 4) is 0 Å². The highest BCUT2D eigenvalue weighted by Crippen LogP contribution is 2.29. The molecule has 8 heteroatoms. The molecule has 5 nitrogen and oxygen atoms in total. The van der Waals surface area contributed by atoms with Crippen molar-refractivity contribution in [1.29, 1.82) is 0 Å². The lowest BCUT2D eigenvalue weighted by molar-refractivity contribution is 0.601. The number of sulfonamides is 1. The maximum absolute atomic E-state index is 12.3. The van der Waals surface area contributed by atoms with Crippen molar-refractivity contribution in [1.82, 2.24) is 9.97 Å². The molecule has 0 unspecified atom stereocenters. The third-order valence-electron chi connectivity index (χ3n) is 2.92. The van der Waals surface area contributed by atoms with E-state index in [1.165, 1.54) is 18.3 Å². The van der Waals surface area contributed by atoms with Gasteiger partial charge in [-0.1, -0.05) is 35.3 Å². The molecule has 0 aliphatic rings. The number of hydrogen-bond acceptors (Lipinski definition) is 3. The van der Waals surface area contributed by atoms with E-state index in [4.69, 9.17) is 23.2 Å². The first-order valence-corrected chi connectivity index (χ1v) is 8.11. The molecule has 0 spiro atoms. The number of pyridine rings is 1. The van der Waals surface area contributed by atoms with Crippen LogP contribution in [0.15, 0.2) is 47.6 Å². The third kappa shape index (κ3) is 2.70. The Bertz CT molecular complexity index is 905. The predicted octanol–water partition coefficient (Wildman–Crippen LogP) is 3.67. The van der Waals surface area contributed by atoms with E-state index in [1.54, 1.807) is 24.4 Å². The number of H-pyrrole nitrogens is 1. The van der Waals surface area contributed by atoms with Gasteiger partial charge in [0, 0.05) is 17.8 Å². The Morgan fingerprint density at radius 3 is 2.67 bits per heavy atom. The molecule has 1 aromatic carbocycles. The Morgan fingerprint density at radius 1 is 1.14 bits per heavy atom. The highest BCUT2D eigenvalue weighted by molar-refractivity contribution is 7.92. The Labute approximate surface area is 131 Å². The first-order chi connectivity index (χ1) is 9.97. The summed E-state index contributed by atoms with van der Waals surface area (Å²) in [5.41, 5.74) is 1.03. The molecular weight excluding hydrogens is 333 g/mol. The standard InChI is InChI=1S/C13H9Cl2N3O2S/c14-10-7-17-13-9(10)2-1-3-11(13)18-21(19,20)8-4-5-12(15)16-6-8/h1-7,17-18H. The summed E-state index contributed by atoms with van der Waals surface area (Å²) in [5.74, 6) is 0. The second kappa shape index (κ2) is 5.22. The largest absolute Gasteiger partial charge is 0.358 e. The van der Waals surface area contributed by atoms with E-state index in [0.717, 1.165) is 5.39 Å². The second-order valence-corrected chi connectivity index (χ2v) is 6.76. The Morgan fingerprint density at radius 2 is 1.95 bits per heavy atom. The van der Waals surface area contributed by atoms with Crippen molar-refractivity contribution in [3.63, 3.8) is 0 Å². The fourth-order valence-corrected chi connectivity index (χ4v) is 3.27. The van der Waals surface area contributed by atoms with Crippen LogP contribution >= 0.6 is 23.2 Å². The molecular formula is C13H9Cl2N3O2S. The van der Waals surface area contributed by atoms with E-state index >= 15 is 0 Å². The smallest absolute Gasteiger partial charge is 0.263 e. The van der Waals surface area contributed by atoms with Gasteiger partial charge < -0.3 is 4.98 Å². The minimum Gasteiger partial charge on any atom is -0.358 e. The number of fused-ring (bicyclic) bond motifs is 1. The maximum atomic E-state index is 12.3. The lowest BCUT2D eigenvalue weighted by atomic mass is 10.2. The molecule has 0 amide bonds. The molecule has 2 aromatic heterocycles. The number of hydrogen-bond donors (Lipinski definition) is 2. The van der Waals surface area contributed by atoms with Crippen molar-refractivity contribution in [2.45, 2.75) is 4.90 Å². The summed E-state index contributed by atoms with van der Waals surface area (Å²) >= 11 is 11.7. The summed E-state index contributed by atoms with van der Waals surface area (Å²) in [4.78, 5) is 6.74. The fourth-order valence-electron chi connectivity index (χ4n) is 1.93. The van der Waals surface area contributed by atoms with E-state index in [1.807, 2.05) is 0 Å². The molecule has 0 aliphatic carbocycles. The summed E-state index contributed by atoms with van der Waals surface area (Å²) < 4.78 is 27.2. The molecule has 0 atom stereocenters. The minimum absolute atomic E-state index is 0.0292. The maximum Gasteiger partial charge on any atom is 0.263 e. The van der Waals surface area contributed by atoms with Crippen LogP contribution in [0.5, 0.6) is 0 Å². The van der Waals surface area contributed by atoms with Gasteiger partial charge in [-0.05, 0) is 18.2 Å². The molecule has 0 fully saturated rings. The van der Waals surface area contributed by atoms with Crippen LogP contribution in [0, 0.1) is 0 Å². The van der Waals surface area contributed by atoms with Gasteiger partial charge >= 0.3 is 0 Å². The number of para-hydroxylation sites is 1. The van der Waals surface area contributed by atoms with E-state index in [9.17, 15) is 8.42 Å². The quantitative estimate of drug-likeness (QED) is 0.713. The van der Waals surface area contributed by atoms with Crippen LogP contribution in [0.25, 0.3) is 10.9 Å². The Balaban J connectivity index is 2.03. The Hall–Kier alpha value is -1.76. The number of benzene rings is 1. The summed E-state index contributed by atoms with van der Waals surface area (Å²) in [7, 11) is -3.75. The molecule has 108 valence electrons. The number of aromatic nitrogens is 2. The zero-order valence-electron chi connectivity index (χ0n) is 10.5. The highest BCUT2D eigenvalue weighted by Gasteiger charge is 2.17. The van der Waals surface area contributed by atoms with Crippen molar-refractivity contribution >= 4 is 49.8 Å². The van der Waals surface area contributed by atoms with Gasteiger partial charge in [-0.3, -0.25) is 4.72 Å². The molecule has 0 radical (unpaired) electrons. The van der Waals surface area contributed by atoms with Gasteiger partial charge in [-0.15, -0.1) is 0 Å². The van der Waals surface area contributed by atoms with Crippen LogP contribution in [-0.4, -0.2) is 18.4 Å². The van der Waals surface area contributed by atoms with Crippen LogP contribution in [0.3, 0.4) is 0 Å². The predicted molar refractivity (Wildman–Crippen MR) is 83.4 cm³/mol. The number of halogens is 2. The highest BCUT2D eigenvalue weighted by atomic mass is 35.5. The summed E-state index contributed by atoms with van der Waals surface area (Å²) in [6.07, 6.45) is 2.81. The summed E-state index contributed by atoms with van der Waals surface area (Å²) in [6.45, 7) is 0. The Kier molecular flexibility index (Phi) is 3.52. The van der Waals surface area contributed by atoms with Crippen LogP contribution in [0.2, 0.25) is 10.2 Å². The minimum atomic E-state index is -3.75. The normalized spacial score (nSPS) is 11.7. The van der Waals surface area contributed by atoms with E-state index in [2.05, 4.69) is 14.7 Å². The van der Waals surface area contributed by atoms with Gasteiger partial charge in [0.2, 0.25) is 0 Å². The second-order valence-electron chi connectivity index (χ2n) is 4.29. The van der Waals surface area contributed by atoms with Crippen molar-refractivity contribution in [2.24, 2.45) is 0 Å². The molecule has 3 rings (SSSR count). The van der Waals surface area contributed by atoms with Crippen molar-refractivity contribution in [3.05, 3.63) is 52.9 Å². The third-order valence-corrected chi connectivity index (χ3v) is 4.81. The summed E-state index contributed by atoms with van der Waals surface area (Å²) in [6, 6.07) is 7.98. The molecule has 3 aromatic rings. The van der Waals surface area contributed by atoms with E-state index < -0.39 is 10.0 Å². The zero-order chi connectivity index (χ0) is 15.0. The van der Waals surface area contributed by atoms with Gasteiger partial charge in [-0.25, -0.2) is 13.4 Å². The van der Waals surface area contributed by atoms with Gasteiger partial charge in [-0.2, -0.15) is 0 Å². The average molecular weight is 342 g/mol. The average Bonchev–Trinajstić information content (AvgIpc) is 2.82. The number of rotatable bonds is 3. The fraction of sp³-hybridized carbons (Fsp3) is 0. The van der Waals surface area contributed by atoms with E-state index in [-0.39, 0.29) is 10.0 Å². The topological polar surface area (TPSA) is 74.8 Å². The lowest BCUT2D eigenvalue weighted by Gasteiger charge is -2.09. The van der Waals surface area contributed by atoms with Gasteiger partial charge in [0.1, 0.15) is 10.0 Å². The van der Waals surface area contributed by atoms with Crippen LogP contribution in [-0.2, 0) is 10.0 Å². The van der Waals surface area contributed by atoms with E-state index in [0.29, 0.717) is 16.2 Å². The molecule has 0 saturated carbocycles. The molecule has 0 aliphatic heterocycles. The lowest BCUT2D eigenvalue weighted by Crippen LogP contribution is -2.13. The monoisotopic (exact) mass is 341 g/mol. The number of anilines is 1. The molecule has 0 bridgehead atoms.